The second-order valence-corrected chi connectivity index (χ2v) is 5.49. The molecule has 1 unspecified atom stereocenters. The van der Waals surface area contributed by atoms with Crippen LogP contribution in [0.4, 0.5) is 13.2 Å². The highest BCUT2D eigenvalue weighted by atomic mass is 19.4. The number of nitrogens with zero attached hydrogens (tertiary/aromatic N) is 2. The lowest BCUT2D eigenvalue weighted by Crippen LogP contribution is -2.49. The molecule has 1 saturated carbocycles. The zero-order valence-electron chi connectivity index (χ0n) is 11.9. The SMILES string of the molecule is O=C(O)[C@H](NC(c1cnccn1)C(F)(F)F)C1CCCCC1. The van der Waals surface area contributed by atoms with E-state index in [9.17, 15) is 23.1 Å². The quantitative estimate of drug-likeness (QED) is 0.873. The number of hydrogen-bond acceptors (Lipinski definition) is 4. The molecule has 1 aromatic heterocycles. The maximum Gasteiger partial charge on any atom is 0.409 e. The molecule has 0 bridgehead atoms. The van der Waals surface area contributed by atoms with E-state index in [1.807, 2.05) is 0 Å². The smallest absolute Gasteiger partial charge is 0.409 e. The summed E-state index contributed by atoms with van der Waals surface area (Å²) in [5, 5.41) is 11.6. The molecule has 1 aliphatic rings. The van der Waals surface area contributed by atoms with Gasteiger partial charge in [0.1, 0.15) is 12.1 Å². The Morgan fingerprint density at radius 2 is 1.95 bits per heavy atom. The highest BCUT2D eigenvalue weighted by Crippen LogP contribution is 2.34. The third-order valence-electron chi connectivity index (χ3n) is 3.94. The van der Waals surface area contributed by atoms with E-state index in [1.165, 1.54) is 6.20 Å². The molecule has 0 saturated heterocycles. The highest BCUT2D eigenvalue weighted by Gasteiger charge is 2.45. The summed E-state index contributed by atoms with van der Waals surface area (Å²) in [7, 11) is 0. The van der Waals surface area contributed by atoms with Crippen LogP contribution in [-0.2, 0) is 4.79 Å². The van der Waals surface area contributed by atoms with Crippen LogP contribution in [0, 0.1) is 5.92 Å². The van der Waals surface area contributed by atoms with Crippen LogP contribution >= 0.6 is 0 Å². The molecule has 0 radical (unpaired) electrons. The summed E-state index contributed by atoms with van der Waals surface area (Å²) in [6, 6.07) is -3.38. The number of aromatic nitrogens is 2. The zero-order valence-corrected chi connectivity index (χ0v) is 11.9. The van der Waals surface area contributed by atoms with Crippen LogP contribution in [0.2, 0.25) is 0 Å². The van der Waals surface area contributed by atoms with Crippen LogP contribution in [0.1, 0.15) is 43.8 Å². The molecule has 0 aliphatic heterocycles. The van der Waals surface area contributed by atoms with Gasteiger partial charge in [-0.15, -0.1) is 0 Å². The first-order chi connectivity index (χ1) is 10.4. The van der Waals surface area contributed by atoms with Gasteiger partial charge in [0.15, 0.2) is 0 Å². The Hall–Kier alpha value is -1.70. The van der Waals surface area contributed by atoms with E-state index in [0.29, 0.717) is 12.8 Å². The molecular formula is C14H18F3N3O2. The number of rotatable bonds is 5. The van der Waals surface area contributed by atoms with E-state index in [2.05, 4.69) is 15.3 Å². The fraction of sp³-hybridized carbons (Fsp3) is 0.643. The minimum absolute atomic E-state index is 0.298. The fourth-order valence-corrected chi connectivity index (χ4v) is 2.86. The van der Waals surface area contributed by atoms with Crippen molar-refractivity contribution in [3.05, 3.63) is 24.3 Å². The van der Waals surface area contributed by atoms with Crippen molar-refractivity contribution in [3.8, 4) is 0 Å². The van der Waals surface area contributed by atoms with Gasteiger partial charge in [0.2, 0.25) is 0 Å². The molecule has 5 nitrogen and oxygen atoms in total. The summed E-state index contributed by atoms with van der Waals surface area (Å²) in [6.07, 6.45) is 2.72. The average Bonchev–Trinajstić information content (AvgIpc) is 2.48. The number of carboxylic acids is 1. The zero-order chi connectivity index (χ0) is 16.2. The molecule has 2 rings (SSSR count). The van der Waals surface area contributed by atoms with Crippen molar-refractivity contribution in [2.45, 2.75) is 50.4 Å². The maximum atomic E-state index is 13.3. The monoisotopic (exact) mass is 317 g/mol. The molecule has 122 valence electrons. The predicted octanol–water partition coefficient (Wildman–Crippen LogP) is 2.70. The topological polar surface area (TPSA) is 75.1 Å². The maximum absolute atomic E-state index is 13.3. The Balaban J connectivity index is 2.21. The summed E-state index contributed by atoms with van der Waals surface area (Å²) >= 11 is 0. The average molecular weight is 317 g/mol. The number of carboxylic acid groups (broad SMARTS) is 1. The van der Waals surface area contributed by atoms with E-state index >= 15 is 0 Å². The second kappa shape index (κ2) is 7.04. The van der Waals surface area contributed by atoms with Crippen molar-refractivity contribution in [2.75, 3.05) is 0 Å². The Morgan fingerprint density at radius 3 is 2.45 bits per heavy atom. The number of aliphatic carboxylic acids is 1. The summed E-state index contributed by atoms with van der Waals surface area (Å²) in [4.78, 5) is 18.7. The Bertz CT molecular complexity index is 490. The van der Waals surface area contributed by atoms with Gasteiger partial charge >= 0.3 is 12.1 Å². The number of carbonyl (C=O) groups is 1. The van der Waals surface area contributed by atoms with Gasteiger partial charge in [-0.05, 0) is 18.8 Å². The third-order valence-corrected chi connectivity index (χ3v) is 3.94. The van der Waals surface area contributed by atoms with Gasteiger partial charge in [0.25, 0.3) is 0 Å². The highest BCUT2D eigenvalue weighted by molar-refractivity contribution is 5.74. The van der Waals surface area contributed by atoms with Crippen LogP contribution in [0.5, 0.6) is 0 Å². The Kier molecular flexibility index (Phi) is 5.33. The molecule has 2 N–H and O–H groups in total. The molecule has 1 aromatic rings. The van der Waals surface area contributed by atoms with E-state index in [4.69, 9.17) is 0 Å². The van der Waals surface area contributed by atoms with E-state index in [-0.39, 0.29) is 11.6 Å². The van der Waals surface area contributed by atoms with Gasteiger partial charge < -0.3 is 5.11 Å². The number of halogens is 3. The largest absolute Gasteiger partial charge is 0.480 e. The van der Waals surface area contributed by atoms with Crippen molar-refractivity contribution in [2.24, 2.45) is 5.92 Å². The molecule has 1 fully saturated rings. The molecule has 2 atom stereocenters. The van der Waals surface area contributed by atoms with Crippen molar-refractivity contribution < 1.29 is 23.1 Å². The number of alkyl halides is 3. The minimum atomic E-state index is -4.64. The van der Waals surface area contributed by atoms with E-state index in [1.54, 1.807) is 0 Å². The Morgan fingerprint density at radius 1 is 1.27 bits per heavy atom. The van der Waals surface area contributed by atoms with Crippen molar-refractivity contribution in [1.82, 2.24) is 15.3 Å². The lowest BCUT2D eigenvalue weighted by Gasteiger charge is -2.31. The summed E-state index contributed by atoms with van der Waals surface area (Å²) in [6.45, 7) is 0. The third kappa shape index (κ3) is 4.16. The second-order valence-electron chi connectivity index (χ2n) is 5.49. The first kappa shape index (κ1) is 16.7. The molecule has 1 aliphatic carbocycles. The van der Waals surface area contributed by atoms with Gasteiger partial charge in [-0.3, -0.25) is 20.1 Å². The van der Waals surface area contributed by atoms with Crippen LogP contribution in [0.25, 0.3) is 0 Å². The molecule has 8 heteroatoms. The summed E-state index contributed by atoms with van der Waals surface area (Å²) in [5.41, 5.74) is -0.322. The first-order valence-electron chi connectivity index (χ1n) is 7.21. The van der Waals surface area contributed by atoms with Crippen molar-refractivity contribution >= 4 is 5.97 Å². The van der Waals surface area contributed by atoms with Crippen molar-refractivity contribution in [1.29, 1.82) is 0 Å². The molecular weight excluding hydrogens is 299 g/mol. The molecule has 22 heavy (non-hydrogen) atoms. The van der Waals surface area contributed by atoms with Gasteiger partial charge in [0, 0.05) is 12.4 Å². The van der Waals surface area contributed by atoms with Crippen LogP contribution in [-0.4, -0.2) is 33.3 Å². The van der Waals surface area contributed by atoms with Gasteiger partial charge in [0.05, 0.1) is 11.9 Å². The minimum Gasteiger partial charge on any atom is -0.480 e. The molecule has 0 aromatic carbocycles. The first-order valence-corrected chi connectivity index (χ1v) is 7.21. The lowest BCUT2D eigenvalue weighted by atomic mass is 9.83. The van der Waals surface area contributed by atoms with Crippen molar-refractivity contribution in [3.63, 3.8) is 0 Å². The fourth-order valence-electron chi connectivity index (χ4n) is 2.86. The van der Waals surface area contributed by atoms with Gasteiger partial charge in [-0.1, -0.05) is 19.3 Å². The summed E-state index contributed by atoms with van der Waals surface area (Å²) < 4.78 is 39.8. The number of nitrogens with one attached hydrogen (secondary N) is 1. The molecule has 0 amide bonds. The van der Waals surface area contributed by atoms with Crippen LogP contribution < -0.4 is 5.32 Å². The standard InChI is InChI=1S/C14H18F3N3O2/c15-14(16,17)12(10-8-18-6-7-19-10)20-11(13(21)22)9-4-2-1-3-5-9/h6-9,11-12,20H,1-5H2,(H,21,22)/t11-,12?/m1/s1. The van der Waals surface area contributed by atoms with Gasteiger partial charge in [-0.2, -0.15) is 13.2 Å². The summed E-state index contributed by atoms with van der Waals surface area (Å²) in [5.74, 6) is -1.56. The van der Waals surface area contributed by atoms with E-state index < -0.39 is 24.2 Å². The number of hydrogen-bond donors (Lipinski definition) is 2. The van der Waals surface area contributed by atoms with E-state index in [0.717, 1.165) is 31.7 Å². The van der Waals surface area contributed by atoms with Crippen LogP contribution in [0.15, 0.2) is 18.6 Å². The lowest BCUT2D eigenvalue weighted by molar-refractivity contribution is -0.165. The normalized spacial score (nSPS) is 19.6. The molecule has 1 heterocycles. The van der Waals surface area contributed by atoms with Crippen LogP contribution in [0.3, 0.4) is 0 Å². The Labute approximate surface area is 126 Å². The van der Waals surface area contributed by atoms with Gasteiger partial charge in [-0.25, -0.2) is 0 Å². The predicted molar refractivity (Wildman–Crippen MR) is 72.0 cm³/mol. The molecule has 0 spiro atoms.